The van der Waals surface area contributed by atoms with Crippen molar-refractivity contribution in [2.75, 3.05) is 25.0 Å². The third-order valence-electron chi connectivity index (χ3n) is 2.91. The van der Waals surface area contributed by atoms with E-state index in [9.17, 15) is 18.0 Å². The molecule has 9 heteroatoms. The molecule has 0 fully saturated rings. The van der Waals surface area contributed by atoms with Crippen LogP contribution in [0.15, 0.2) is 23.1 Å². The first kappa shape index (κ1) is 16.2. The van der Waals surface area contributed by atoms with E-state index in [1.165, 1.54) is 25.1 Å². The predicted octanol–water partition coefficient (Wildman–Crippen LogP) is -0.178. The highest BCUT2D eigenvalue weighted by Crippen LogP contribution is 2.29. The normalized spacial score (nSPS) is 14.3. The molecule has 3 N–H and O–H groups in total. The number of carbonyl (C=O) groups is 2. The average molecular weight is 327 g/mol. The summed E-state index contributed by atoms with van der Waals surface area (Å²) in [5.74, 6) is -0.0287. The van der Waals surface area contributed by atoms with Crippen LogP contribution in [0, 0.1) is 0 Å². The van der Waals surface area contributed by atoms with Gasteiger partial charge in [-0.05, 0) is 18.2 Å². The standard InChI is InChI=1S/C13H17N3O5S/c1-9(17)14-5-6-15-22(19,20)10-2-3-12-11(8-10)16-13(18)4-7-21-12/h2-3,8,15H,4-7H2,1H3,(H,14,17)(H,16,18). The molecule has 0 atom stereocenters. The second-order valence-corrected chi connectivity index (χ2v) is 6.45. The zero-order valence-electron chi connectivity index (χ0n) is 12.0. The number of amides is 2. The van der Waals surface area contributed by atoms with Crippen molar-refractivity contribution < 1.29 is 22.7 Å². The highest BCUT2D eigenvalue weighted by molar-refractivity contribution is 7.89. The van der Waals surface area contributed by atoms with E-state index in [0.717, 1.165) is 0 Å². The molecule has 0 spiro atoms. The smallest absolute Gasteiger partial charge is 0.240 e. The van der Waals surface area contributed by atoms with Gasteiger partial charge in [-0.25, -0.2) is 13.1 Å². The lowest BCUT2D eigenvalue weighted by Gasteiger charge is -2.11. The summed E-state index contributed by atoms with van der Waals surface area (Å²) in [5.41, 5.74) is 0.326. The maximum Gasteiger partial charge on any atom is 0.240 e. The van der Waals surface area contributed by atoms with Crippen LogP contribution >= 0.6 is 0 Å². The lowest BCUT2D eigenvalue weighted by Crippen LogP contribution is -2.33. The second-order valence-electron chi connectivity index (χ2n) is 4.69. The van der Waals surface area contributed by atoms with Crippen LogP contribution in [0.4, 0.5) is 5.69 Å². The largest absolute Gasteiger partial charge is 0.491 e. The molecule has 1 aromatic rings. The summed E-state index contributed by atoms with van der Waals surface area (Å²) in [4.78, 5) is 22.2. The summed E-state index contributed by atoms with van der Waals surface area (Å²) in [6, 6.07) is 4.25. The highest BCUT2D eigenvalue weighted by Gasteiger charge is 2.19. The van der Waals surface area contributed by atoms with Gasteiger partial charge in [-0.3, -0.25) is 9.59 Å². The van der Waals surface area contributed by atoms with Crippen molar-refractivity contribution in [3.63, 3.8) is 0 Å². The molecule has 0 bridgehead atoms. The zero-order chi connectivity index (χ0) is 16.2. The number of benzene rings is 1. The fraction of sp³-hybridized carbons (Fsp3) is 0.385. The number of sulfonamides is 1. The van der Waals surface area contributed by atoms with E-state index in [4.69, 9.17) is 4.74 Å². The van der Waals surface area contributed by atoms with Gasteiger partial charge in [0.25, 0.3) is 0 Å². The van der Waals surface area contributed by atoms with Crippen molar-refractivity contribution >= 4 is 27.5 Å². The first-order valence-corrected chi connectivity index (χ1v) is 8.17. The molecule has 8 nitrogen and oxygen atoms in total. The van der Waals surface area contributed by atoms with E-state index >= 15 is 0 Å². The lowest BCUT2D eigenvalue weighted by molar-refractivity contribution is -0.119. The molecule has 1 aliphatic rings. The van der Waals surface area contributed by atoms with Gasteiger partial charge in [-0.15, -0.1) is 0 Å². The molecule has 0 saturated carbocycles. The van der Waals surface area contributed by atoms with Crippen LogP contribution in [-0.2, 0) is 19.6 Å². The Bertz CT molecular complexity index is 687. The fourth-order valence-corrected chi connectivity index (χ4v) is 2.93. The third-order valence-corrected chi connectivity index (χ3v) is 4.37. The van der Waals surface area contributed by atoms with Gasteiger partial charge < -0.3 is 15.4 Å². The Morgan fingerprint density at radius 2 is 2.14 bits per heavy atom. The molecule has 2 rings (SSSR count). The van der Waals surface area contributed by atoms with Crippen molar-refractivity contribution in [2.45, 2.75) is 18.2 Å². The SMILES string of the molecule is CC(=O)NCCNS(=O)(=O)c1ccc2c(c1)NC(=O)CCO2. The fourth-order valence-electron chi connectivity index (χ4n) is 1.87. The molecule has 1 aliphatic heterocycles. The minimum Gasteiger partial charge on any atom is -0.491 e. The molecule has 2 amide bonds. The Hall–Kier alpha value is -2.13. The molecule has 0 aliphatic carbocycles. The van der Waals surface area contributed by atoms with Crippen LogP contribution in [-0.4, -0.2) is 39.9 Å². The summed E-state index contributed by atoms with van der Waals surface area (Å²) in [7, 11) is -3.73. The monoisotopic (exact) mass is 327 g/mol. The molecule has 0 saturated heterocycles. The summed E-state index contributed by atoms with van der Waals surface area (Å²) >= 11 is 0. The van der Waals surface area contributed by atoms with Crippen molar-refractivity contribution in [1.29, 1.82) is 0 Å². The van der Waals surface area contributed by atoms with Gasteiger partial charge in [0, 0.05) is 20.0 Å². The second kappa shape index (κ2) is 6.75. The number of hydrogen-bond donors (Lipinski definition) is 3. The average Bonchev–Trinajstić information content (AvgIpc) is 2.63. The molecule has 0 unspecified atom stereocenters. The Balaban J connectivity index is 2.11. The van der Waals surface area contributed by atoms with Gasteiger partial charge in [0.2, 0.25) is 21.8 Å². The van der Waals surface area contributed by atoms with Crippen LogP contribution in [0.5, 0.6) is 5.75 Å². The van der Waals surface area contributed by atoms with Crippen molar-refractivity contribution in [2.24, 2.45) is 0 Å². The number of fused-ring (bicyclic) bond motifs is 1. The maximum atomic E-state index is 12.2. The Labute approximate surface area is 128 Å². The molecule has 0 radical (unpaired) electrons. The predicted molar refractivity (Wildman–Crippen MR) is 79.1 cm³/mol. The summed E-state index contributed by atoms with van der Waals surface area (Å²) < 4.78 is 32.0. The first-order chi connectivity index (χ1) is 10.4. The van der Waals surface area contributed by atoms with Crippen LogP contribution in [0.1, 0.15) is 13.3 Å². The number of rotatable bonds is 5. The van der Waals surface area contributed by atoms with E-state index in [1.807, 2.05) is 0 Å². The zero-order valence-corrected chi connectivity index (χ0v) is 12.8. The number of nitrogens with one attached hydrogen (secondary N) is 3. The summed E-state index contributed by atoms with van der Waals surface area (Å²) in [6.45, 7) is 1.87. The van der Waals surface area contributed by atoms with Gasteiger partial charge in [0.1, 0.15) is 5.75 Å². The first-order valence-electron chi connectivity index (χ1n) is 6.69. The number of carbonyl (C=O) groups excluding carboxylic acids is 2. The molecule has 22 heavy (non-hydrogen) atoms. The van der Waals surface area contributed by atoms with E-state index in [2.05, 4.69) is 15.4 Å². The maximum absolute atomic E-state index is 12.2. The van der Waals surface area contributed by atoms with E-state index in [1.54, 1.807) is 0 Å². The van der Waals surface area contributed by atoms with Crippen LogP contribution in [0.25, 0.3) is 0 Å². The third kappa shape index (κ3) is 4.18. The minimum absolute atomic E-state index is 0.0138. The van der Waals surface area contributed by atoms with E-state index in [-0.39, 0.29) is 42.8 Å². The Morgan fingerprint density at radius 3 is 2.86 bits per heavy atom. The van der Waals surface area contributed by atoms with Gasteiger partial charge in [-0.2, -0.15) is 0 Å². The van der Waals surface area contributed by atoms with Gasteiger partial charge >= 0.3 is 0 Å². The minimum atomic E-state index is -3.73. The van der Waals surface area contributed by atoms with Crippen molar-refractivity contribution in [3.05, 3.63) is 18.2 Å². The topological polar surface area (TPSA) is 114 Å². The van der Waals surface area contributed by atoms with Crippen molar-refractivity contribution in [3.8, 4) is 5.75 Å². The molecule has 0 aromatic heterocycles. The lowest BCUT2D eigenvalue weighted by atomic mass is 10.3. The van der Waals surface area contributed by atoms with Crippen LogP contribution in [0.3, 0.4) is 0 Å². The summed E-state index contributed by atoms with van der Waals surface area (Å²) in [6.07, 6.45) is 0.214. The number of ether oxygens (including phenoxy) is 1. The van der Waals surface area contributed by atoms with Gasteiger partial charge in [0.15, 0.2) is 0 Å². The number of anilines is 1. The Kier molecular flexibility index (Phi) is 4.99. The molecular weight excluding hydrogens is 310 g/mol. The van der Waals surface area contributed by atoms with E-state index < -0.39 is 10.0 Å². The van der Waals surface area contributed by atoms with E-state index in [0.29, 0.717) is 11.4 Å². The van der Waals surface area contributed by atoms with Crippen LogP contribution in [0.2, 0.25) is 0 Å². The Morgan fingerprint density at radius 1 is 1.36 bits per heavy atom. The highest BCUT2D eigenvalue weighted by atomic mass is 32.2. The van der Waals surface area contributed by atoms with Crippen molar-refractivity contribution in [1.82, 2.24) is 10.0 Å². The molecule has 1 heterocycles. The van der Waals surface area contributed by atoms with Gasteiger partial charge in [-0.1, -0.05) is 0 Å². The molecule has 1 aromatic carbocycles. The number of hydrogen-bond acceptors (Lipinski definition) is 5. The molecular formula is C13H17N3O5S. The summed E-state index contributed by atoms with van der Waals surface area (Å²) in [5, 5.41) is 5.09. The van der Waals surface area contributed by atoms with Gasteiger partial charge in [0.05, 0.1) is 23.6 Å². The quantitative estimate of drug-likeness (QED) is 0.649. The van der Waals surface area contributed by atoms with Crippen LogP contribution < -0.4 is 20.1 Å². The molecule has 120 valence electrons.